The molecule has 1 aromatic carbocycles. The van der Waals surface area contributed by atoms with Gasteiger partial charge in [0.05, 0.1) is 18.0 Å². The minimum absolute atomic E-state index is 0.0320. The predicted octanol–water partition coefficient (Wildman–Crippen LogP) is 1.40. The quantitative estimate of drug-likeness (QED) is 0.482. The lowest BCUT2D eigenvalue weighted by Crippen LogP contribution is -2.31. The molecule has 0 saturated heterocycles. The lowest BCUT2D eigenvalue weighted by atomic mass is 9.94. The summed E-state index contributed by atoms with van der Waals surface area (Å²) >= 11 is 0. The Balaban J connectivity index is 2.09. The molecule has 1 aliphatic heterocycles. The summed E-state index contributed by atoms with van der Waals surface area (Å²) in [6, 6.07) is 8.81. The molecule has 1 unspecified atom stereocenters. The number of anilines is 1. The zero-order chi connectivity index (χ0) is 17.5. The molecule has 0 aliphatic carbocycles. The number of carbonyl (C=O) groups excluding carboxylic acids is 2. The molecular weight excluding hydrogens is 310 g/mol. The second-order valence-corrected chi connectivity index (χ2v) is 5.12. The van der Waals surface area contributed by atoms with E-state index in [9.17, 15) is 9.59 Å². The van der Waals surface area contributed by atoms with Crippen LogP contribution in [0.3, 0.4) is 0 Å². The fourth-order valence-corrected chi connectivity index (χ4v) is 2.15. The Bertz CT molecular complexity index is 731. The molecule has 1 amide bonds. The monoisotopic (exact) mass is 327 g/mol. The molecule has 0 saturated carbocycles. The number of nitriles is 1. The Kier molecular flexibility index (Phi) is 5.63. The van der Waals surface area contributed by atoms with E-state index < -0.39 is 5.97 Å². The van der Waals surface area contributed by atoms with Gasteiger partial charge in [0.1, 0.15) is 6.07 Å². The van der Waals surface area contributed by atoms with E-state index in [0.717, 1.165) is 11.3 Å². The van der Waals surface area contributed by atoms with E-state index in [0.29, 0.717) is 12.1 Å². The minimum Gasteiger partial charge on any atom is -0.461 e. The third kappa shape index (κ3) is 4.16. The van der Waals surface area contributed by atoms with Crippen molar-refractivity contribution in [1.82, 2.24) is 5.43 Å². The molecule has 2 N–H and O–H groups in total. The second kappa shape index (κ2) is 7.87. The molecule has 2 rings (SSSR count). The van der Waals surface area contributed by atoms with Crippen molar-refractivity contribution >= 4 is 29.0 Å². The third-order valence-corrected chi connectivity index (χ3v) is 3.31. The summed E-state index contributed by atoms with van der Waals surface area (Å²) in [6.07, 6.45) is 0.397. The summed E-state index contributed by atoms with van der Waals surface area (Å²) in [6.45, 7) is 3.76. The van der Waals surface area contributed by atoms with Crippen LogP contribution in [0.25, 0.3) is 0 Å². The van der Waals surface area contributed by atoms with Crippen LogP contribution in [-0.2, 0) is 14.3 Å². The fourth-order valence-electron chi connectivity index (χ4n) is 2.15. The first-order chi connectivity index (χ1) is 11.5. The maximum atomic E-state index is 11.5. The Morgan fingerprint density at radius 1 is 1.50 bits per heavy atom. The first-order valence-corrected chi connectivity index (χ1v) is 7.43. The second-order valence-electron chi connectivity index (χ2n) is 5.12. The first-order valence-electron chi connectivity index (χ1n) is 7.43. The predicted molar refractivity (Wildman–Crippen MR) is 88.2 cm³/mol. The molecule has 1 heterocycles. The van der Waals surface area contributed by atoms with Gasteiger partial charge in [-0.1, -0.05) is 19.1 Å². The van der Waals surface area contributed by atoms with Crippen molar-refractivity contribution in [2.75, 3.05) is 12.0 Å². The summed E-state index contributed by atoms with van der Waals surface area (Å²) in [5.74, 6) is -0.836. The van der Waals surface area contributed by atoms with Crippen LogP contribution < -0.4 is 10.9 Å². The Labute approximate surface area is 139 Å². The zero-order valence-corrected chi connectivity index (χ0v) is 13.4. The largest absolute Gasteiger partial charge is 0.461 e. The van der Waals surface area contributed by atoms with E-state index in [1.165, 1.54) is 0 Å². The molecule has 24 heavy (non-hydrogen) atoms. The Hall–Kier alpha value is -3.21. The van der Waals surface area contributed by atoms with Crippen LogP contribution in [0.2, 0.25) is 0 Å². The number of amides is 1. The van der Waals surface area contributed by atoms with Crippen molar-refractivity contribution in [3.8, 4) is 6.07 Å². The van der Waals surface area contributed by atoms with Crippen LogP contribution in [0.5, 0.6) is 0 Å². The smallest absolute Gasteiger partial charge is 0.369 e. The van der Waals surface area contributed by atoms with E-state index in [1.54, 1.807) is 25.1 Å². The van der Waals surface area contributed by atoms with Crippen LogP contribution in [-0.4, -0.2) is 29.9 Å². The molecule has 0 aromatic heterocycles. The van der Waals surface area contributed by atoms with Crippen molar-refractivity contribution in [1.29, 1.82) is 5.26 Å². The normalized spacial score (nSPS) is 17.4. The fraction of sp³-hybridized carbons (Fsp3) is 0.312. The van der Waals surface area contributed by atoms with E-state index in [2.05, 4.69) is 21.1 Å². The van der Waals surface area contributed by atoms with Gasteiger partial charge in [0, 0.05) is 12.3 Å². The highest BCUT2D eigenvalue weighted by molar-refractivity contribution is 6.43. The van der Waals surface area contributed by atoms with Gasteiger partial charge in [0.25, 0.3) is 0 Å². The number of nitrogens with zero attached hydrogens (tertiary/aromatic N) is 3. The van der Waals surface area contributed by atoms with E-state index in [4.69, 9.17) is 10.00 Å². The van der Waals surface area contributed by atoms with Crippen LogP contribution in [0, 0.1) is 17.2 Å². The molecule has 1 atom stereocenters. The molecule has 0 bridgehead atoms. The van der Waals surface area contributed by atoms with E-state index >= 15 is 0 Å². The lowest BCUT2D eigenvalue weighted by Gasteiger charge is -2.19. The van der Waals surface area contributed by atoms with E-state index in [-0.39, 0.29) is 24.1 Å². The number of rotatable bonds is 5. The number of hydrazone groups is 2. The lowest BCUT2D eigenvalue weighted by molar-refractivity contribution is -0.134. The maximum absolute atomic E-state index is 11.5. The molecule has 124 valence electrons. The highest BCUT2D eigenvalue weighted by Gasteiger charge is 2.21. The summed E-state index contributed by atoms with van der Waals surface area (Å²) in [7, 11) is 0. The zero-order valence-electron chi connectivity index (χ0n) is 13.4. The third-order valence-electron chi connectivity index (χ3n) is 3.31. The number of carbonyl (C=O) groups is 2. The van der Waals surface area contributed by atoms with Crippen LogP contribution in [0.1, 0.15) is 25.8 Å². The van der Waals surface area contributed by atoms with Crippen LogP contribution in [0.15, 0.2) is 34.5 Å². The van der Waals surface area contributed by atoms with Crippen LogP contribution in [0.4, 0.5) is 5.69 Å². The standard InChI is InChI=1S/C16H17N5O3/c1-3-24-16(23)13(9-17)19-18-12-6-4-11(5-7-12)15-10(2)8-14(22)20-21-15/h4-7,10,18H,3,8H2,1-2H3,(H,20,22)/b19-13-. The number of benzene rings is 1. The number of esters is 1. The summed E-state index contributed by atoms with van der Waals surface area (Å²) < 4.78 is 4.72. The molecule has 8 nitrogen and oxygen atoms in total. The maximum Gasteiger partial charge on any atom is 0.369 e. The number of nitrogens with one attached hydrogen (secondary N) is 2. The van der Waals surface area contributed by atoms with E-state index in [1.807, 2.05) is 19.1 Å². The van der Waals surface area contributed by atoms with Gasteiger partial charge < -0.3 is 4.74 Å². The van der Waals surface area contributed by atoms with Crippen molar-refractivity contribution < 1.29 is 14.3 Å². The summed E-state index contributed by atoms with van der Waals surface area (Å²) in [4.78, 5) is 22.7. The van der Waals surface area contributed by atoms with Gasteiger partial charge in [0.15, 0.2) is 0 Å². The minimum atomic E-state index is -0.773. The van der Waals surface area contributed by atoms with Gasteiger partial charge in [-0.15, -0.1) is 0 Å². The van der Waals surface area contributed by atoms with Gasteiger partial charge in [0.2, 0.25) is 11.6 Å². The summed E-state index contributed by atoms with van der Waals surface area (Å²) in [5, 5.41) is 16.7. The highest BCUT2D eigenvalue weighted by Crippen LogP contribution is 2.18. The van der Waals surface area contributed by atoms with Gasteiger partial charge in [-0.25, -0.2) is 10.2 Å². The van der Waals surface area contributed by atoms with Crippen molar-refractivity contribution in [3.63, 3.8) is 0 Å². The van der Waals surface area contributed by atoms with Gasteiger partial charge >= 0.3 is 5.97 Å². The molecule has 0 radical (unpaired) electrons. The van der Waals surface area contributed by atoms with Crippen LogP contribution >= 0.6 is 0 Å². The first kappa shape index (κ1) is 17.1. The van der Waals surface area contributed by atoms with Crippen molar-refractivity contribution in [2.45, 2.75) is 20.3 Å². The SMILES string of the molecule is CCOC(=O)/C(C#N)=N\Nc1ccc(C2=NNC(=O)CC2C)cc1. The average molecular weight is 327 g/mol. The molecule has 1 aromatic rings. The number of hydrogen-bond donors (Lipinski definition) is 2. The van der Waals surface area contributed by atoms with Crippen molar-refractivity contribution in [3.05, 3.63) is 29.8 Å². The Morgan fingerprint density at radius 3 is 2.79 bits per heavy atom. The highest BCUT2D eigenvalue weighted by atomic mass is 16.5. The molecule has 1 aliphatic rings. The van der Waals surface area contributed by atoms with Crippen molar-refractivity contribution in [2.24, 2.45) is 16.1 Å². The van der Waals surface area contributed by atoms with Gasteiger partial charge in [-0.3, -0.25) is 10.2 Å². The van der Waals surface area contributed by atoms with Gasteiger partial charge in [-0.2, -0.15) is 15.5 Å². The van der Waals surface area contributed by atoms with Gasteiger partial charge in [-0.05, 0) is 24.6 Å². The molecule has 8 heteroatoms. The topological polar surface area (TPSA) is 116 Å². The molecule has 0 spiro atoms. The number of hydrogen-bond acceptors (Lipinski definition) is 7. The Morgan fingerprint density at radius 2 is 2.21 bits per heavy atom. The summed E-state index contributed by atoms with van der Waals surface area (Å²) in [5.41, 5.74) is 7.04. The molecule has 0 fully saturated rings. The molecular formula is C16H17N5O3. The average Bonchev–Trinajstić information content (AvgIpc) is 2.56. The number of ether oxygens (including phenoxy) is 1.